The lowest BCUT2D eigenvalue weighted by Gasteiger charge is -2.34. The number of hydrogen-bond donors (Lipinski definition) is 1. The Labute approximate surface area is 150 Å². The Kier molecular flexibility index (Phi) is 6.67. The number of benzene rings is 1. The first kappa shape index (κ1) is 18.2. The van der Waals surface area contributed by atoms with Crippen LogP contribution in [0, 0.1) is 0 Å². The minimum Gasteiger partial charge on any atom is -0.492 e. The largest absolute Gasteiger partial charge is 0.492 e. The van der Waals surface area contributed by atoms with Crippen LogP contribution in [0.4, 0.5) is 5.69 Å². The van der Waals surface area contributed by atoms with Crippen molar-refractivity contribution in [3.05, 3.63) is 23.8 Å². The fourth-order valence-electron chi connectivity index (χ4n) is 3.32. The second kappa shape index (κ2) is 9.17. The van der Waals surface area contributed by atoms with E-state index in [2.05, 4.69) is 21.2 Å². The Hall–Kier alpha value is -1.63. The first-order valence-corrected chi connectivity index (χ1v) is 9.32. The van der Waals surface area contributed by atoms with E-state index in [0.717, 1.165) is 70.3 Å². The minimum atomic E-state index is 0.0987. The number of amides is 1. The van der Waals surface area contributed by atoms with Crippen molar-refractivity contribution in [3.8, 4) is 5.75 Å². The highest BCUT2D eigenvalue weighted by atomic mass is 16.5. The third kappa shape index (κ3) is 5.42. The average molecular weight is 347 g/mol. The Morgan fingerprint density at radius 1 is 1.04 bits per heavy atom. The normalized spacial score (nSPS) is 18.7. The summed E-state index contributed by atoms with van der Waals surface area (Å²) in [5.41, 5.74) is 2.09. The standard InChI is InChI=1S/C19H29N3O3/c1-2-24-13-11-21-7-9-22(10-8-21)12-14-25-17-4-5-18-16(15-17)3-6-19(23)20-18/h4-5,15H,2-3,6-14H2,1H3,(H,20,23). The van der Waals surface area contributed by atoms with Crippen molar-refractivity contribution in [2.24, 2.45) is 0 Å². The van der Waals surface area contributed by atoms with E-state index in [9.17, 15) is 4.79 Å². The molecule has 0 spiro atoms. The molecule has 25 heavy (non-hydrogen) atoms. The molecule has 0 bridgehead atoms. The van der Waals surface area contributed by atoms with E-state index in [0.29, 0.717) is 13.0 Å². The van der Waals surface area contributed by atoms with E-state index < -0.39 is 0 Å². The number of ether oxygens (including phenoxy) is 2. The van der Waals surface area contributed by atoms with Crippen LogP contribution in [0.15, 0.2) is 18.2 Å². The Balaban J connectivity index is 1.36. The summed E-state index contributed by atoms with van der Waals surface area (Å²) >= 11 is 0. The summed E-state index contributed by atoms with van der Waals surface area (Å²) in [6.07, 6.45) is 1.35. The van der Waals surface area contributed by atoms with Crippen LogP contribution in [0.3, 0.4) is 0 Å². The number of piperazine rings is 1. The number of nitrogens with zero attached hydrogens (tertiary/aromatic N) is 2. The summed E-state index contributed by atoms with van der Waals surface area (Å²) in [5, 5.41) is 2.90. The first-order chi connectivity index (χ1) is 12.2. The molecule has 0 unspecified atom stereocenters. The van der Waals surface area contributed by atoms with Gasteiger partial charge in [0.1, 0.15) is 12.4 Å². The second-order valence-corrected chi connectivity index (χ2v) is 6.60. The van der Waals surface area contributed by atoms with Gasteiger partial charge in [-0.05, 0) is 37.1 Å². The van der Waals surface area contributed by atoms with Crippen LogP contribution in [0.5, 0.6) is 5.75 Å². The van der Waals surface area contributed by atoms with Crippen LogP contribution in [-0.2, 0) is 16.0 Å². The molecular weight excluding hydrogens is 318 g/mol. The smallest absolute Gasteiger partial charge is 0.224 e. The number of aryl methyl sites for hydroxylation is 1. The molecule has 1 aromatic rings. The van der Waals surface area contributed by atoms with Crippen LogP contribution in [-0.4, -0.2) is 74.8 Å². The molecule has 1 saturated heterocycles. The predicted molar refractivity (Wildman–Crippen MR) is 98.3 cm³/mol. The number of rotatable bonds is 8. The third-order valence-electron chi connectivity index (χ3n) is 4.87. The highest BCUT2D eigenvalue weighted by molar-refractivity contribution is 5.93. The van der Waals surface area contributed by atoms with Gasteiger partial charge in [0, 0.05) is 58.0 Å². The first-order valence-electron chi connectivity index (χ1n) is 9.32. The van der Waals surface area contributed by atoms with E-state index in [1.54, 1.807) is 0 Å². The van der Waals surface area contributed by atoms with Crippen molar-refractivity contribution in [2.45, 2.75) is 19.8 Å². The van der Waals surface area contributed by atoms with Crippen molar-refractivity contribution in [1.29, 1.82) is 0 Å². The van der Waals surface area contributed by atoms with Gasteiger partial charge in [0.15, 0.2) is 0 Å². The number of nitrogens with one attached hydrogen (secondary N) is 1. The molecule has 2 heterocycles. The number of fused-ring (bicyclic) bond motifs is 1. The number of carbonyl (C=O) groups excluding carboxylic acids is 1. The molecule has 1 N–H and O–H groups in total. The zero-order valence-corrected chi connectivity index (χ0v) is 15.1. The molecule has 3 rings (SSSR count). The van der Waals surface area contributed by atoms with Gasteiger partial charge in [-0.25, -0.2) is 0 Å². The molecule has 6 heteroatoms. The van der Waals surface area contributed by atoms with Crippen molar-refractivity contribution in [3.63, 3.8) is 0 Å². The summed E-state index contributed by atoms with van der Waals surface area (Å²) in [4.78, 5) is 16.3. The van der Waals surface area contributed by atoms with Gasteiger partial charge in [-0.15, -0.1) is 0 Å². The van der Waals surface area contributed by atoms with Gasteiger partial charge in [0.2, 0.25) is 5.91 Å². The fourth-order valence-corrected chi connectivity index (χ4v) is 3.32. The molecule has 1 amide bonds. The summed E-state index contributed by atoms with van der Waals surface area (Å²) < 4.78 is 11.3. The van der Waals surface area contributed by atoms with E-state index in [4.69, 9.17) is 9.47 Å². The maximum Gasteiger partial charge on any atom is 0.224 e. The average Bonchev–Trinajstić information content (AvgIpc) is 2.63. The number of carbonyl (C=O) groups is 1. The SMILES string of the molecule is CCOCCN1CCN(CCOc2ccc3c(c2)CCC(=O)N3)CC1. The quantitative estimate of drug-likeness (QED) is 0.724. The number of anilines is 1. The van der Waals surface area contributed by atoms with Gasteiger partial charge in [-0.2, -0.15) is 0 Å². The molecule has 1 fully saturated rings. The Bertz CT molecular complexity index is 571. The molecule has 0 aromatic heterocycles. The van der Waals surface area contributed by atoms with Crippen molar-refractivity contribution >= 4 is 11.6 Å². The van der Waals surface area contributed by atoms with Crippen LogP contribution >= 0.6 is 0 Å². The van der Waals surface area contributed by atoms with Gasteiger partial charge in [0.05, 0.1) is 6.61 Å². The molecule has 0 aliphatic carbocycles. The monoisotopic (exact) mass is 347 g/mol. The minimum absolute atomic E-state index is 0.0987. The number of hydrogen-bond acceptors (Lipinski definition) is 5. The van der Waals surface area contributed by atoms with Crippen molar-refractivity contribution < 1.29 is 14.3 Å². The fraction of sp³-hybridized carbons (Fsp3) is 0.632. The highest BCUT2D eigenvalue weighted by Gasteiger charge is 2.17. The molecule has 0 atom stereocenters. The lowest BCUT2D eigenvalue weighted by atomic mass is 10.0. The van der Waals surface area contributed by atoms with Gasteiger partial charge < -0.3 is 14.8 Å². The molecule has 0 saturated carbocycles. The van der Waals surface area contributed by atoms with Gasteiger partial charge in [0.25, 0.3) is 0 Å². The Morgan fingerprint density at radius 2 is 1.76 bits per heavy atom. The molecule has 138 valence electrons. The summed E-state index contributed by atoms with van der Waals surface area (Å²) in [5.74, 6) is 0.992. The molecular formula is C19H29N3O3. The van der Waals surface area contributed by atoms with Crippen molar-refractivity contribution in [1.82, 2.24) is 9.80 Å². The van der Waals surface area contributed by atoms with Gasteiger partial charge in [-0.1, -0.05) is 0 Å². The zero-order valence-electron chi connectivity index (χ0n) is 15.1. The Morgan fingerprint density at radius 3 is 2.48 bits per heavy atom. The van der Waals surface area contributed by atoms with E-state index >= 15 is 0 Å². The van der Waals surface area contributed by atoms with Crippen LogP contribution in [0.25, 0.3) is 0 Å². The third-order valence-corrected chi connectivity index (χ3v) is 4.87. The molecule has 1 aromatic carbocycles. The van der Waals surface area contributed by atoms with Crippen molar-refractivity contribution in [2.75, 3.05) is 64.4 Å². The zero-order chi connectivity index (χ0) is 17.5. The van der Waals surface area contributed by atoms with E-state index in [1.807, 2.05) is 19.1 Å². The maximum atomic E-state index is 11.4. The molecule has 2 aliphatic rings. The van der Waals surface area contributed by atoms with E-state index in [1.165, 1.54) is 5.56 Å². The molecule has 2 aliphatic heterocycles. The van der Waals surface area contributed by atoms with E-state index in [-0.39, 0.29) is 5.91 Å². The predicted octanol–water partition coefficient (Wildman–Crippen LogP) is 1.60. The highest BCUT2D eigenvalue weighted by Crippen LogP contribution is 2.26. The lowest BCUT2D eigenvalue weighted by molar-refractivity contribution is -0.116. The van der Waals surface area contributed by atoms with Crippen LogP contribution < -0.4 is 10.1 Å². The lowest BCUT2D eigenvalue weighted by Crippen LogP contribution is -2.48. The maximum absolute atomic E-state index is 11.4. The van der Waals surface area contributed by atoms with Gasteiger partial charge in [-0.3, -0.25) is 14.6 Å². The summed E-state index contributed by atoms with van der Waals surface area (Å²) in [6.45, 7) is 10.7. The van der Waals surface area contributed by atoms with Crippen LogP contribution in [0.1, 0.15) is 18.9 Å². The summed E-state index contributed by atoms with van der Waals surface area (Å²) in [7, 11) is 0. The molecule has 0 radical (unpaired) electrons. The molecule has 6 nitrogen and oxygen atoms in total. The topological polar surface area (TPSA) is 54.0 Å². The summed E-state index contributed by atoms with van der Waals surface area (Å²) in [6, 6.07) is 5.94. The van der Waals surface area contributed by atoms with Gasteiger partial charge >= 0.3 is 0 Å². The van der Waals surface area contributed by atoms with Crippen LogP contribution in [0.2, 0.25) is 0 Å². The second-order valence-electron chi connectivity index (χ2n) is 6.60.